The van der Waals surface area contributed by atoms with E-state index in [9.17, 15) is 14.7 Å². The fourth-order valence-corrected chi connectivity index (χ4v) is 2.15. The highest BCUT2D eigenvalue weighted by molar-refractivity contribution is 5.74. The molecule has 0 aromatic heterocycles. The number of aliphatic carboxylic acids is 1. The monoisotopic (exact) mass is 403 g/mol. The van der Waals surface area contributed by atoms with Crippen molar-refractivity contribution < 1.29 is 40.2 Å². The molecular weight excluding hydrogens is 366 g/mol. The molecule has 9 heteroatoms. The van der Waals surface area contributed by atoms with Crippen LogP contribution in [-0.2, 0) is 16.0 Å². The summed E-state index contributed by atoms with van der Waals surface area (Å²) in [7, 11) is 0. The summed E-state index contributed by atoms with van der Waals surface area (Å²) in [5, 5.41) is 23.7. The smallest absolute Gasteiger partial charge is 0.317 e. The SMILES string of the molecule is [2H]C1([2H])OC([2H])([2H])C([2H])([2H])N(C(=O)NCCNC[C@H](O)COc2ccc(CCC(=O)O)cc2)C1([2H])[2H]. The Balaban J connectivity index is 1.76. The highest BCUT2D eigenvalue weighted by atomic mass is 16.5. The molecule has 4 N–H and O–H groups in total. The van der Waals surface area contributed by atoms with Crippen molar-refractivity contribution in [3.05, 3.63) is 29.8 Å². The zero-order chi connectivity index (χ0) is 27.4. The van der Waals surface area contributed by atoms with E-state index in [1.807, 2.05) is 0 Å². The van der Waals surface area contributed by atoms with Crippen LogP contribution in [0.2, 0.25) is 0 Å². The number of nitrogens with one attached hydrogen (secondary N) is 2. The molecule has 0 unspecified atom stereocenters. The molecule has 28 heavy (non-hydrogen) atoms. The summed E-state index contributed by atoms with van der Waals surface area (Å²) in [5.74, 6) is -0.409. The van der Waals surface area contributed by atoms with Gasteiger partial charge in [0.25, 0.3) is 0 Å². The first kappa shape index (κ1) is 13.0. The summed E-state index contributed by atoms with van der Waals surface area (Å²) in [4.78, 5) is 22.9. The minimum atomic E-state index is -3.32. The molecular formula is C19H29N3O6. The van der Waals surface area contributed by atoms with Gasteiger partial charge in [-0.2, -0.15) is 0 Å². The number of carbonyl (C=O) groups excluding carboxylic acids is 1. The van der Waals surface area contributed by atoms with E-state index in [2.05, 4.69) is 15.4 Å². The zero-order valence-electron chi connectivity index (χ0n) is 23.1. The highest BCUT2D eigenvalue weighted by Gasteiger charge is 2.15. The van der Waals surface area contributed by atoms with E-state index < -0.39 is 44.2 Å². The van der Waals surface area contributed by atoms with Crippen molar-refractivity contribution in [2.24, 2.45) is 0 Å². The van der Waals surface area contributed by atoms with Gasteiger partial charge in [0, 0.05) is 39.0 Å². The number of morpholine rings is 1. The average Bonchev–Trinajstić information content (AvgIpc) is 2.74. The zero-order valence-corrected chi connectivity index (χ0v) is 15.1. The van der Waals surface area contributed by atoms with Gasteiger partial charge in [-0.15, -0.1) is 0 Å². The topological polar surface area (TPSA) is 120 Å². The van der Waals surface area contributed by atoms with Crippen molar-refractivity contribution >= 4 is 12.0 Å². The summed E-state index contributed by atoms with van der Waals surface area (Å²) < 4.78 is 71.5. The van der Waals surface area contributed by atoms with Gasteiger partial charge in [-0.1, -0.05) is 12.1 Å². The Morgan fingerprint density at radius 1 is 1.25 bits per heavy atom. The van der Waals surface area contributed by atoms with Crippen LogP contribution in [0.25, 0.3) is 0 Å². The third-order valence-electron chi connectivity index (χ3n) is 3.57. The molecule has 1 aromatic rings. The van der Waals surface area contributed by atoms with Crippen molar-refractivity contribution in [3.8, 4) is 5.75 Å². The summed E-state index contributed by atoms with van der Waals surface area (Å²) in [6, 6.07) is 5.38. The minimum absolute atomic E-state index is 0.0160. The van der Waals surface area contributed by atoms with Crippen LogP contribution in [0.5, 0.6) is 5.75 Å². The molecule has 1 aromatic carbocycles. The van der Waals surface area contributed by atoms with E-state index in [1.165, 1.54) is 0 Å². The number of ether oxygens (including phenoxy) is 2. The summed E-state index contributed by atoms with van der Waals surface area (Å²) >= 11 is 0. The fraction of sp³-hybridized carbons (Fsp3) is 0.579. The fourth-order valence-electron chi connectivity index (χ4n) is 2.15. The number of carboxylic acids is 1. The highest BCUT2D eigenvalue weighted by Crippen LogP contribution is 2.13. The Hall–Kier alpha value is -2.36. The number of hydrogen-bond acceptors (Lipinski definition) is 6. The lowest BCUT2D eigenvalue weighted by atomic mass is 10.1. The number of carboxylic acid groups (broad SMARTS) is 1. The Bertz CT molecular complexity index is 893. The van der Waals surface area contributed by atoms with E-state index in [0.717, 1.165) is 5.56 Å². The second kappa shape index (κ2) is 12.2. The number of benzene rings is 1. The van der Waals surface area contributed by atoms with Gasteiger partial charge in [0.15, 0.2) is 0 Å². The van der Waals surface area contributed by atoms with Crippen molar-refractivity contribution in [2.45, 2.75) is 18.9 Å². The maximum Gasteiger partial charge on any atom is 0.317 e. The normalized spacial score (nSPS) is 26.5. The maximum atomic E-state index is 12.5. The van der Waals surface area contributed by atoms with Crippen LogP contribution in [0.15, 0.2) is 24.3 Å². The first-order valence-corrected chi connectivity index (χ1v) is 8.62. The number of aliphatic hydroxyl groups is 1. The van der Waals surface area contributed by atoms with Crippen LogP contribution >= 0.6 is 0 Å². The van der Waals surface area contributed by atoms with Gasteiger partial charge in [-0.3, -0.25) is 4.79 Å². The lowest BCUT2D eigenvalue weighted by Crippen LogP contribution is -2.47. The predicted molar refractivity (Wildman–Crippen MR) is 103 cm³/mol. The number of carbonyl (C=O) groups is 2. The van der Waals surface area contributed by atoms with Gasteiger partial charge in [0.2, 0.25) is 0 Å². The van der Waals surface area contributed by atoms with Crippen molar-refractivity contribution in [1.82, 2.24) is 15.5 Å². The van der Waals surface area contributed by atoms with E-state index in [4.69, 9.17) is 20.8 Å². The lowest BCUT2D eigenvalue weighted by Gasteiger charge is -2.27. The van der Waals surface area contributed by atoms with Crippen molar-refractivity contribution in [2.75, 3.05) is 52.4 Å². The molecule has 1 atom stereocenters. The first-order valence-electron chi connectivity index (χ1n) is 12.6. The molecule has 156 valence electrons. The van der Waals surface area contributed by atoms with Crippen LogP contribution in [0.3, 0.4) is 0 Å². The molecule has 0 radical (unpaired) electrons. The summed E-state index contributed by atoms with van der Waals surface area (Å²) in [6.45, 7) is -13.4. The summed E-state index contributed by atoms with van der Waals surface area (Å²) in [6.07, 6.45) is -0.531. The Kier molecular flexibility index (Phi) is 5.64. The molecule has 1 saturated heterocycles. The largest absolute Gasteiger partial charge is 0.491 e. The number of aryl methyl sites for hydroxylation is 1. The second-order valence-corrected chi connectivity index (χ2v) is 5.80. The van der Waals surface area contributed by atoms with Gasteiger partial charge >= 0.3 is 12.0 Å². The quantitative estimate of drug-likeness (QED) is 0.386. The number of rotatable bonds is 11. The van der Waals surface area contributed by atoms with Gasteiger partial charge in [-0.25, -0.2) is 4.79 Å². The second-order valence-electron chi connectivity index (χ2n) is 5.80. The van der Waals surface area contributed by atoms with Gasteiger partial charge in [0.1, 0.15) is 18.5 Å². The standard InChI is InChI=1S/C19H29N3O6/c23-16(13-20-7-8-21-19(26)22-9-11-27-12-10-22)14-28-17-4-1-15(2-5-17)3-6-18(24)25/h1-2,4-5,16,20,23H,3,6-14H2,(H,21,26)(H,24,25)/t16-/m0/s1/i9D2,10D2,11D2,12D2. The average molecular weight is 404 g/mol. The Labute approximate surface area is 175 Å². The van der Waals surface area contributed by atoms with E-state index >= 15 is 0 Å². The van der Waals surface area contributed by atoms with Gasteiger partial charge < -0.3 is 35.2 Å². The van der Waals surface area contributed by atoms with Gasteiger partial charge in [-0.05, 0) is 24.1 Å². The molecule has 1 heterocycles. The maximum absolute atomic E-state index is 12.5. The van der Waals surface area contributed by atoms with Crippen LogP contribution < -0.4 is 15.4 Å². The molecule has 0 bridgehead atoms. The van der Waals surface area contributed by atoms with E-state index in [-0.39, 0.29) is 37.6 Å². The van der Waals surface area contributed by atoms with Gasteiger partial charge in [0.05, 0.1) is 24.1 Å². The number of amides is 2. The Morgan fingerprint density at radius 3 is 2.64 bits per heavy atom. The number of urea groups is 1. The van der Waals surface area contributed by atoms with E-state index in [0.29, 0.717) is 12.2 Å². The molecule has 0 spiro atoms. The molecule has 1 aliphatic heterocycles. The number of hydrogen-bond donors (Lipinski definition) is 4. The Morgan fingerprint density at radius 2 is 1.96 bits per heavy atom. The summed E-state index contributed by atoms with van der Waals surface area (Å²) in [5.41, 5.74) is 0.833. The molecule has 2 amide bonds. The molecule has 9 nitrogen and oxygen atoms in total. The van der Waals surface area contributed by atoms with Crippen molar-refractivity contribution in [3.63, 3.8) is 0 Å². The minimum Gasteiger partial charge on any atom is -0.491 e. The lowest BCUT2D eigenvalue weighted by molar-refractivity contribution is -0.136. The van der Waals surface area contributed by atoms with Crippen LogP contribution in [-0.4, -0.2) is 85.6 Å². The van der Waals surface area contributed by atoms with Crippen LogP contribution in [0.4, 0.5) is 4.79 Å². The third kappa shape index (κ3) is 8.55. The van der Waals surface area contributed by atoms with Crippen molar-refractivity contribution in [1.29, 1.82) is 0 Å². The molecule has 0 saturated carbocycles. The molecule has 0 aliphatic carbocycles. The van der Waals surface area contributed by atoms with E-state index in [1.54, 1.807) is 24.3 Å². The number of aliphatic hydroxyl groups excluding tert-OH is 1. The molecule has 1 aliphatic rings. The predicted octanol–water partition coefficient (Wildman–Crippen LogP) is 0.0749. The molecule has 1 fully saturated rings. The third-order valence-corrected chi connectivity index (χ3v) is 3.57. The molecule has 2 rings (SSSR count). The van der Waals surface area contributed by atoms with Crippen LogP contribution in [0.1, 0.15) is 23.0 Å². The number of nitrogens with zero attached hydrogens (tertiary/aromatic N) is 1. The van der Waals surface area contributed by atoms with Crippen LogP contribution in [0, 0.1) is 0 Å². The first-order chi connectivity index (χ1) is 16.5.